The maximum atomic E-state index is 10.8. The van der Waals surface area contributed by atoms with Gasteiger partial charge in [0.2, 0.25) is 0 Å². The highest BCUT2D eigenvalue weighted by Gasteiger charge is 2.35. The Hall–Kier alpha value is -2.13. The average Bonchev–Trinajstić information content (AvgIpc) is 2.90. The molecule has 1 aromatic rings. The van der Waals surface area contributed by atoms with Crippen molar-refractivity contribution < 1.29 is 4.92 Å². The molecule has 2 aliphatic rings. The van der Waals surface area contributed by atoms with E-state index in [0.29, 0.717) is 17.5 Å². The Kier molecular flexibility index (Phi) is 3.28. The molecule has 0 unspecified atom stereocenters. The normalized spacial score (nSPS) is 25.1. The van der Waals surface area contributed by atoms with Gasteiger partial charge in [0, 0.05) is 31.3 Å². The number of nitriles is 1. The van der Waals surface area contributed by atoms with Crippen molar-refractivity contribution in [2.75, 3.05) is 24.5 Å². The third-order valence-electron chi connectivity index (χ3n) is 4.25. The second-order valence-electron chi connectivity index (χ2n) is 5.44. The van der Waals surface area contributed by atoms with Gasteiger partial charge in [0.1, 0.15) is 6.07 Å². The summed E-state index contributed by atoms with van der Waals surface area (Å²) in [4.78, 5) is 12.5. The third-order valence-corrected chi connectivity index (χ3v) is 4.25. The number of nitro benzene ring substituents is 1. The molecular weight excluding hydrogens is 256 g/mol. The molecule has 0 aromatic heterocycles. The van der Waals surface area contributed by atoms with E-state index < -0.39 is 4.92 Å². The Balaban J connectivity index is 1.87. The summed E-state index contributed by atoms with van der Waals surface area (Å²) in [6.45, 7) is 2.85. The molecule has 0 bridgehead atoms. The van der Waals surface area contributed by atoms with Crippen LogP contribution in [0, 0.1) is 27.4 Å². The summed E-state index contributed by atoms with van der Waals surface area (Å²) in [6, 6.07) is 7.11. The van der Waals surface area contributed by atoms with Crippen LogP contribution < -0.4 is 10.2 Å². The van der Waals surface area contributed by atoms with Crippen molar-refractivity contribution in [2.45, 2.75) is 18.9 Å². The number of fused-ring (bicyclic) bond motifs is 1. The van der Waals surface area contributed by atoms with Crippen molar-refractivity contribution in [3.8, 4) is 6.07 Å². The van der Waals surface area contributed by atoms with Crippen LogP contribution in [0.3, 0.4) is 0 Å². The summed E-state index contributed by atoms with van der Waals surface area (Å²) in [6.07, 6.45) is 2.41. The zero-order valence-corrected chi connectivity index (χ0v) is 11.1. The Labute approximate surface area is 117 Å². The molecule has 0 spiro atoms. The molecule has 2 fully saturated rings. The predicted octanol–water partition coefficient (Wildman–Crippen LogP) is 1.65. The van der Waals surface area contributed by atoms with Crippen molar-refractivity contribution in [3.05, 3.63) is 33.9 Å². The lowest BCUT2D eigenvalue weighted by molar-refractivity contribution is -0.384. The van der Waals surface area contributed by atoms with E-state index in [1.54, 1.807) is 6.07 Å². The average molecular weight is 272 g/mol. The molecule has 1 N–H and O–H groups in total. The molecular formula is C14H16N4O2. The molecule has 6 nitrogen and oxygen atoms in total. The highest BCUT2D eigenvalue weighted by atomic mass is 16.6. The minimum atomic E-state index is -0.462. The van der Waals surface area contributed by atoms with E-state index in [2.05, 4.69) is 16.3 Å². The van der Waals surface area contributed by atoms with Gasteiger partial charge in [-0.1, -0.05) is 0 Å². The van der Waals surface area contributed by atoms with Crippen molar-refractivity contribution >= 4 is 11.4 Å². The van der Waals surface area contributed by atoms with Crippen LogP contribution in [0.1, 0.15) is 18.4 Å². The van der Waals surface area contributed by atoms with Crippen LogP contribution in [-0.4, -0.2) is 30.6 Å². The molecule has 0 aliphatic carbocycles. The van der Waals surface area contributed by atoms with E-state index in [-0.39, 0.29) is 5.69 Å². The number of non-ortho nitro benzene ring substituents is 1. The van der Waals surface area contributed by atoms with Gasteiger partial charge in [0.25, 0.3) is 5.69 Å². The SMILES string of the molecule is N#Cc1cc([N+](=O)[O-])ccc1N1C[C@@H]2CCCN[C@@H]2C1. The molecule has 20 heavy (non-hydrogen) atoms. The summed E-state index contributed by atoms with van der Waals surface area (Å²) in [5.74, 6) is 0.616. The number of piperidine rings is 1. The fourth-order valence-corrected chi connectivity index (χ4v) is 3.25. The summed E-state index contributed by atoms with van der Waals surface area (Å²) < 4.78 is 0. The van der Waals surface area contributed by atoms with Crippen LogP contribution in [0.5, 0.6) is 0 Å². The minimum Gasteiger partial charge on any atom is -0.369 e. The summed E-state index contributed by atoms with van der Waals surface area (Å²) in [5, 5.41) is 23.5. The smallest absolute Gasteiger partial charge is 0.270 e. The number of anilines is 1. The first-order chi connectivity index (χ1) is 9.69. The van der Waals surface area contributed by atoms with Crippen LogP contribution in [0.15, 0.2) is 18.2 Å². The van der Waals surface area contributed by atoms with E-state index in [1.807, 2.05) is 0 Å². The first-order valence-electron chi connectivity index (χ1n) is 6.86. The Bertz CT molecular complexity index is 567. The van der Waals surface area contributed by atoms with Crippen molar-refractivity contribution in [1.29, 1.82) is 5.26 Å². The molecule has 2 aliphatic heterocycles. The van der Waals surface area contributed by atoms with Gasteiger partial charge in [-0.3, -0.25) is 10.1 Å². The van der Waals surface area contributed by atoms with E-state index in [9.17, 15) is 15.4 Å². The van der Waals surface area contributed by atoms with Crippen molar-refractivity contribution in [3.63, 3.8) is 0 Å². The number of nitrogens with zero attached hydrogens (tertiary/aromatic N) is 3. The van der Waals surface area contributed by atoms with E-state index >= 15 is 0 Å². The number of hydrogen-bond acceptors (Lipinski definition) is 5. The highest BCUT2D eigenvalue weighted by molar-refractivity contribution is 5.63. The van der Waals surface area contributed by atoms with Crippen LogP contribution in [0.2, 0.25) is 0 Å². The van der Waals surface area contributed by atoms with Gasteiger partial charge < -0.3 is 10.2 Å². The largest absolute Gasteiger partial charge is 0.369 e. The maximum Gasteiger partial charge on any atom is 0.270 e. The molecule has 0 radical (unpaired) electrons. The van der Waals surface area contributed by atoms with Crippen LogP contribution in [-0.2, 0) is 0 Å². The lowest BCUT2D eigenvalue weighted by Gasteiger charge is -2.24. The molecule has 2 atom stereocenters. The van der Waals surface area contributed by atoms with Gasteiger partial charge >= 0.3 is 0 Å². The van der Waals surface area contributed by atoms with Gasteiger partial charge in [0.15, 0.2) is 0 Å². The monoisotopic (exact) mass is 272 g/mol. The summed E-state index contributed by atoms with van der Waals surface area (Å²) >= 11 is 0. The van der Waals surface area contributed by atoms with Gasteiger partial charge in [-0.05, 0) is 31.4 Å². The predicted molar refractivity (Wildman–Crippen MR) is 74.5 cm³/mol. The van der Waals surface area contributed by atoms with Crippen molar-refractivity contribution in [1.82, 2.24) is 5.32 Å². The second-order valence-corrected chi connectivity index (χ2v) is 5.44. The first kappa shape index (κ1) is 12.9. The standard InChI is InChI=1S/C14H16N4O2/c15-7-11-6-12(18(19)20)3-4-14(11)17-8-10-2-1-5-16-13(10)9-17/h3-4,6,10,13,16H,1-2,5,8-9H2/t10-,13+/m0/s1. The van der Waals surface area contributed by atoms with E-state index in [4.69, 9.17) is 0 Å². The van der Waals surface area contributed by atoms with E-state index in [0.717, 1.165) is 25.3 Å². The number of benzene rings is 1. The first-order valence-corrected chi connectivity index (χ1v) is 6.86. The lowest BCUT2D eigenvalue weighted by atomic mass is 9.94. The van der Waals surface area contributed by atoms with Gasteiger partial charge in [-0.15, -0.1) is 0 Å². The quantitative estimate of drug-likeness (QED) is 0.654. The Morgan fingerprint density at radius 3 is 3.00 bits per heavy atom. The number of hydrogen-bond donors (Lipinski definition) is 1. The molecule has 2 saturated heterocycles. The molecule has 104 valence electrons. The highest BCUT2D eigenvalue weighted by Crippen LogP contribution is 2.32. The topological polar surface area (TPSA) is 82.2 Å². The molecule has 0 saturated carbocycles. The zero-order valence-electron chi connectivity index (χ0n) is 11.1. The summed E-state index contributed by atoms with van der Waals surface area (Å²) in [5.41, 5.74) is 1.17. The zero-order chi connectivity index (χ0) is 14.1. The van der Waals surface area contributed by atoms with Crippen LogP contribution >= 0.6 is 0 Å². The van der Waals surface area contributed by atoms with Gasteiger partial charge in [-0.25, -0.2) is 0 Å². The summed E-state index contributed by atoms with van der Waals surface area (Å²) in [7, 11) is 0. The van der Waals surface area contributed by atoms with E-state index in [1.165, 1.54) is 25.0 Å². The Morgan fingerprint density at radius 2 is 2.30 bits per heavy atom. The molecule has 3 rings (SSSR count). The van der Waals surface area contributed by atoms with Gasteiger partial charge in [-0.2, -0.15) is 5.26 Å². The molecule has 6 heteroatoms. The van der Waals surface area contributed by atoms with Crippen molar-refractivity contribution in [2.24, 2.45) is 5.92 Å². The van der Waals surface area contributed by atoms with Crippen LogP contribution in [0.4, 0.5) is 11.4 Å². The Morgan fingerprint density at radius 1 is 1.45 bits per heavy atom. The fourth-order valence-electron chi connectivity index (χ4n) is 3.25. The van der Waals surface area contributed by atoms with Crippen LogP contribution in [0.25, 0.3) is 0 Å². The lowest BCUT2D eigenvalue weighted by Crippen LogP contribution is -2.40. The molecule has 1 aromatic carbocycles. The number of rotatable bonds is 2. The fraction of sp³-hybridized carbons (Fsp3) is 0.500. The number of nitro groups is 1. The van der Waals surface area contributed by atoms with Gasteiger partial charge in [0.05, 0.1) is 16.2 Å². The maximum absolute atomic E-state index is 10.8. The third kappa shape index (κ3) is 2.21. The second kappa shape index (κ2) is 5.10. The minimum absolute atomic E-state index is 0.0277. The molecule has 2 heterocycles. The molecule has 0 amide bonds. The number of nitrogens with one attached hydrogen (secondary N) is 1.